The van der Waals surface area contributed by atoms with Crippen molar-refractivity contribution >= 4 is 17.3 Å². The molecule has 1 heterocycles. The Morgan fingerprint density at radius 2 is 2.07 bits per heavy atom. The van der Waals surface area contributed by atoms with E-state index in [1.165, 1.54) is 6.07 Å². The Hall–Kier alpha value is -2.97. The highest BCUT2D eigenvalue weighted by molar-refractivity contribution is 5.96. The van der Waals surface area contributed by atoms with Crippen molar-refractivity contribution in [2.45, 2.75) is 57.0 Å². The standard InChI is InChI=1S/C18H21N5O4/c1-11-19-17(22-27-11)18(8-2-3-9-18)21-16(24)12-4-7-14(20-13-5-6-13)15(10-12)23(25)26/h4,7,10,13,20H,2-3,5-6,8-9H2,1H3,(H,21,24). The summed E-state index contributed by atoms with van der Waals surface area (Å²) in [7, 11) is 0. The summed E-state index contributed by atoms with van der Waals surface area (Å²) in [6.45, 7) is 1.70. The Labute approximate surface area is 155 Å². The fourth-order valence-electron chi connectivity index (χ4n) is 3.56. The van der Waals surface area contributed by atoms with Crippen molar-refractivity contribution in [3.8, 4) is 0 Å². The van der Waals surface area contributed by atoms with Crippen LogP contribution in [-0.4, -0.2) is 27.0 Å². The van der Waals surface area contributed by atoms with E-state index in [1.54, 1.807) is 19.1 Å². The molecule has 1 aromatic heterocycles. The van der Waals surface area contributed by atoms with E-state index in [4.69, 9.17) is 4.52 Å². The summed E-state index contributed by atoms with van der Waals surface area (Å²) in [4.78, 5) is 28.1. The summed E-state index contributed by atoms with van der Waals surface area (Å²) in [5, 5.41) is 21.6. The molecule has 27 heavy (non-hydrogen) atoms. The van der Waals surface area contributed by atoms with Gasteiger partial charge >= 0.3 is 0 Å². The molecule has 2 aromatic rings. The zero-order chi connectivity index (χ0) is 19.0. The Bertz CT molecular complexity index is 884. The van der Waals surface area contributed by atoms with E-state index in [9.17, 15) is 14.9 Å². The molecule has 0 radical (unpaired) electrons. The number of nitrogens with zero attached hydrogens (tertiary/aromatic N) is 3. The Kier molecular flexibility index (Phi) is 4.29. The molecule has 1 aromatic carbocycles. The molecule has 2 aliphatic carbocycles. The van der Waals surface area contributed by atoms with Crippen LogP contribution >= 0.6 is 0 Å². The van der Waals surface area contributed by atoms with Gasteiger partial charge in [-0.3, -0.25) is 14.9 Å². The molecule has 1 amide bonds. The van der Waals surface area contributed by atoms with E-state index in [0.29, 0.717) is 30.2 Å². The molecule has 9 heteroatoms. The Balaban J connectivity index is 1.59. The molecule has 2 fully saturated rings. The second kappa shape index (κ2) is 6.64. The summed E-state index contributed by atoms with van der Waals surface area (Å²) >= 11 is 0. The molecule has 9 nitrogen and oxygen atoms in total. The average Bonchev–Trinajstić information content (AvgIpc) is 3.14. The van der Waals surface area contributed by atoms with Crippen molar-refractivity contribution in [1.29, 1.82) is 0 Å². The lowest BCUT2D eigenvalue weighted by atomic mass is 9.95. The van der Waals surface area contributed by atoms with Crippen molar-refractivity contribution in [3.05, 3.63) is 45.6 Å². The highest BCUT2D eigenvalue weighted by atomic mass is 16.6. The number of carbonyl (C=O) groups excluding carboxylic acids is 1. The lowest BCUT2D eigenvalue weighted by molar-refractivity contribution is -0.384. The second-order valence-corrected chi connectivity index (χ2v) is 7.29. The van der Waals surface area contributed by atoms with E-state index < -0.39 is 10.5 Å². The van der Waals surface area contributed by atoms with Gasteiger partial charge in [0.15, 0.2) is 5.82 Å². The average molecular weight is 371 g/mol. The number of aromatic nitrogens is 2. The van der Waals surface area contributed by atoms with Crippen LogP contribution in [0.15, 0.2) is 22.7 Å². The first-order valence-corrected chi connectivity index (χ1v) is 9.15. The molecule has 0 spiro atoms. The summed E-state index contributed by atoms with van der Waals surface area (Å²) in [5.74, 6) is 0.532. The fraction of sp³-hybridized carbons (Fsp3) is 0.500. The Morgan fingerprint density at radius 3 is 2.67 bits per heavy atom. The molecule has 4 rings (SSSR count). The maximum absolute atomic E-state index is 12.9. The number of hydrogen-bond donors (Lipinski definition) is 2. The number of aryl methyl sites for hydroxylation is 1. The van der Waals surface area contributed by atoms with Gasteiger partial charge in [0.2, 0.25) is 5.89 Å². The van der Waals surface area contributed by atoms with Crippen LogP contribution in [0.5, 0.6) is 0 Å². The van der Waals surface area contributed by atoms with Gasteiger partial charge in [-0.2, -0.15) is 4.98 Å². The van der Waals surface area contributed by atoms with Gasteiger partial charge < -0.3 is 15.2 Å². The minimum Gasteiger partial charge on any atom is -0.377 e. The molecular weight excluding hydrogens is 350 g/mol. The zero-order valence-electron chi connectivity index (χ0n) is 15.0. The largest absolute Gasteiger partial charge is 0.377 e. The number of nitrogens with one attached hydrogen (secondary N) is 2. The van der Waals surface area contributed by atoms with E-state index in [-0.39, 0.29) is 23.2 Å². The summed E-state index contributed by atoms with van der Waals surface area (Å²) < 4.78 is 5.09. The quantitative estimate of drug-likeness (QED) is 0.591. The molecule has 0 saturated heterocycles. The molecule has 0 unspecified atom stereocenters. The first-order valence-electron chi connectivity index (χ1n) is 9.15. The van der Waals surface area contributed by atoms with E-state index in [1.807, 2.05) is 0 Å². The van der Waals surface area contributed by atoms with Crippen molar-refractivity contribution in [2.75, 3.05) is 5.32 Å². The highest BCUT2D eigenvalue weighted by Crippen LogP contribution is 2.38. The minimum absolute atomic E-state index is 0.0922. The van der Waals surface area contributed by atoms with Crippen LogP contribution in [0.3, 0.4) is 0 Å². The maximum Gasteiger partial charge on any atom is 0.293 e. The van der Waals surface area contributed by atoms with Crippen LogP contribution in [0.25, 0.3) is 0 Å². The van der Waals surface area contributed by atoms with Gasteiger partial charge in [0, 0.05) is 24.6 Å². The van der Waals surface area contributed by atoms with Crippen LogP contribution in [0.1, 0.15) is 60.6 Å². The first kappa shape index (κ1) is 17.4. The molecular formula is C18H21N5O4. The fourth-order valence-corrected chi connectivity index (χ4v) is 3.56. The van der Waals surface area contributed by atoms with Crippen LogP contribution in [0, 0.1) is 17.0 Å². The van der Waals surface area contributed by atoms with Crippen molar-refractivity contribution in [2.24, 2.45) is 0 Å². The third-order valence-corrected chi connectivity index (χ3v) is 5.16. The van der Waals surface area contributed by atoms with Crippen LogP contribution < -0.4 is 10.6 Å². The third-order valence-electron chi connectivity index (χ3n) is 5.16. The van der Waals surface area contributed by atoms with Crippen LogP contribution in [-0.2, 0) is 5.54 Å². The number of hydrogen-bond acceptors (Lipinski definition) is 7. The zero-order valence-corrected chi connectivity index (χ0v) is 15.0. The molecule has 0 bridgehead atoms. The monoisotopic (exact) mass is 371 g/mol. The SMILES string of the molecule is Cc1nc(C2(NC(=O)c3ccc(NC4CC4)c([N+](=O)[O-])c3)CCCC2)no1. The van der Waals surface area contributed by atoms with Crippen molar-refractivity contribution < 1.29 is 14.2 Å². The third kappa shape index (κ3) is 3.49. The number of anilines is 1. The molecule has 2 aliphatic rings. The number of amides is 1. The van der Waals surface area contributed by atoms with Gasteiger partial charge in [-0.25, -0.2) is 0 Å². The first-order chi connectivity index (χ1) is 13.0. The molecule has 2 N–H and O–H groups in total. The number of nitro groups is 1. The van der Waals surface area contributed by atoms with Gasteiger partial charge in [-0.05, 0) is 37.8 Å². The second-order valence-electron chi connectivity index (χ2n) is 7.29. The van der Waals surface area contributed by atoms with Gasteiger partial charge in [0.1, 0.15) is 11.2 Å². The van der Waals surface area contributed by atoms with Crippen LogP contribution in [0.4, 0.5) is 11.4 Å². The van der Waals surface area contributed by atoms with Crippen molar-refractivity contribution in [1.82, 2.24) is 15.5 Å². The minimum atomic E-state index is -0.686. The summed E-state index contributed by atoms with van der Waals surface area (Å²) in [6, 6.07) is 4.82. The highest BCUT2D eigenvalue weighted by Gasteiger charge is 2.41. The van der Waals surface area contributed by atoms with Crippen LogP contribution in [0.2, 0.25) is 0 Å². The molecule has 0 atom stereocenters. The number of nitro benzene ring substituents is 1. The molecule has 142 valence electrons. The summed E-state index contributed by atoms with van der Waals surface area (Å²) in [5.41, 5.74) is -0.0856. The smallest absolute Gasteiger partial charge is 0.293 e. The number of rotatable bonds is 6. The lowest BCUT2D eigenvalue weighted by Crippen LogP contribution is -2.44. The predicted octanol–water partition coefficient (Wildman–Crippen LogP) is 3.06. The predicted molar refractivity (Wildman–Crippen MR) is 96.4 cm³/mol. The van der Waals surface area contributed by atoms with Crippen molar-refractivity contribution in [3.63, 3.8) is 0 Å². The van der Waals surface area contributed by atoms with Gasteiger partial charge in [-0.15, -0.1) is 0 Å². The van der Waals surface area contributed by atoms with E-state index in [0.717, 1.165) is 25.7 Å². The maximum atomic E-state index is 12.9. The van der Waals surface area contributed by atoms with Gasteiger partial charge in [0.05, 0.1) is 4.92 Å². The Morgan fingerprint density at radius 1 is 1.33 bits per heavy atom. The normalized spacial score (nSPS) is 18.3. The van der Waals surface area contributed by atoms with E-state index >= 15 is 0 Å². The number of carbonyl (C=O) groups is 1. The lowest BCUT2D eigenvalue weighted by Gasteiger charge is -2.26. The number of benzene rings is 1. The molecule has 0 aliphatic heterocycles. The van der Waals surface area contributed by atoms with Gasteiger partial charge in [0.25, 0.3) is 11.6 Å². The van der Waals surface area contributed by atoms with Gasteiger partial charge in [-0.1, -0.05) is 18.0 Å². The topological polar surface area (TPSA) is 123 Å². The molecule has 2 saturated carbocycles. The summed E-state index contributed by atoms with van der Waals surface area (Å²) in [6.07, 6.45) is 5.32. The van der Waals surface area contributed by atoms with E-state index in [2.05, 4.69) is 20.8 Å².